The lowest BCUT2D eigenvalue weighted by Crippen LogP contribution is -2.45. The fourth-order valence-electron chi connectivity index (χ4n) is 3.47. The quantitative estimate of drug-likeness (QED) is 0.138. The molecule has 1 atom stereocenters. The van der Waals surface area contributed by atoms with Gasteiger partial charge in [0, 0.05) is 23.9 Å². The number of hydrogen-bond donors (Lipinski definition) is 5. The summed E-state index contributed by atoms with van der Waals surface area (Å²) in [4.78, 5) is 36.8. The Bertz CT molecular complexity index is 1130. The van der Waals surface area contributed by atoms with Crippen LogP contribution in [0.4, 0.5) is 16.2 Å². The molecule has 9 nitrogen and oxygen atoms in total. The summed E-state index contributed by atoms with van der Waals surface area (Å²) in [6.07, 6.45) is 2.38. The summed E-state index contributed by atoms with van der Waals surface area (Å²) in [5.41, 5.74) is 2.74. The normalized spacial score (nSPS) is 11.1. The third-order valence-corrected chi connectivity index (χ3v) is 5.26. The molecule has 9 heteroatoms. The van der Waals surface area contributed by atoms with E-state index in [1.54, 1.807) is 41.9 Å². The predicted molar refractivity (Wildman–Crippen MR) is 137 cm³/mol. The van der Waals surface area contributed by atoms with E-state index in [1.807, 2.05) is 48.5 Å². The molecule has 36 heavy (non-hydrogen) atoms. The lowest BCUT2D eigenvalue weighted by Gasteiger charge is -2.19. The van der Waals surface area contributed by atoms with Crippen molar-refractivity contribution in [2.75, 3.05) is 10.6 Å². The van der Waals surface area contributed by atoms with E-state index < -0.39 is 18.0 Å². The highest BCUT2D eigenvalue weighted by atomic mass is 16.5. The second-order valence-electron chi connectivity index (χ2n) is 8.08. The zero-order chi connectivity index (χ0) is 25.6. The van der Waals surface area contributed by atoms with Crippen molar-refractivity contribution in [3.63, 3.8) is 0 Å². The van der Waals surface area contributed by atoms with Gasteiger partial charge in [-0.3, -0.25) is 14.8 Å². The van der Waals surface area contributed by atoms with E-state index in [9.17, 15) is 14.4 Å². The smallest absolute Gasteiger partial charge is 0.319 e. The average Bonchev–Trinajstić information content (AvgIpc) is 2.89. The first kappa shape index (κ1) is 26.2. The van der Waals surface area contributed by atoms with Crippen molar-refractivity contribution in [1.29, 1.82) is 0 Å². The van der Waals surface area contributed by atoms with E-state index >= 15 is 0 Å². The summed E-state index contributed by atoms with van der Waals surface area (Å²) >= 11 is 0. The molecule has 0 saturated heterocycles. The predicted octanol–water partition coefficient (Wildman–Crippen LogP) is 5.06. The van der Waals surface area contributed by atoms with Gasteiger partial charge in [0.2, 0.25) is 11.8 Å². The van der Waals surface area contributed by atoms with Crippen LogP contribution in [0, 0.1) is 0 Å². The molecule has 0 radical (unpaired) electrons. The van der Waals surface area contributed by atoms with Crippen LogP contribution < -0.4 is 26.2 Å². The minimum absolute atomic E-state index is 0.187. The van der Waals surface area contributed by atoms with Crippen LogP contribution in [-0.2, 0) is 9.59 Å². The van der Waals surface area contributed by atoms with Crippen molar-refractivity contribution in [1.82, 2.24) is 10.8 Å². The number of hydroxylamine groups is 1. The summed E-state index contributed by atoms with van der Waals surface area (Å²) < 4.78 is 5.81. The first-order valence-electron chi connectivity index (χ1n) is 11.7. The molecule has 4 amide bonds. The van der Waals surface area contributed by atoms with Gasteiger partial charge in [-0.1, -0.05) is 55.3 Å². The van der Waals surface area contributed by atoms with Gasteiger partial charge in [-0.05, 0) is 49.2 Å². The van der Waals surface area contributed by atoms with Crippen LogP contribution in [0.3, 0.4) is 0 Å². The number of carbonyl (C=O) groups excluding carboxylic acids is 3. The highest BCUT2D eigenvalue weighted by Gasteiger charge is 2.21. The van der Waals surface area contributed by atoms with Crippen LogP contribution in [0.5, 0.6) is 11.5 Å². The fourth-order valence-corrected chi connectivity index (χ4v) is 3.47. The monoisotopic (exact) mass is 490 g/mol. The van der Waals surface area contributed by atoms with Crippen molar-refractivity contribution >= 4 is 29.2 Å². The Labute approximate surface area is 209 Å². The van der Waals surface area contributed by atoms with Crippen LogP contribution >= 0.6 is 0 Å². The number of ether oxygens (including phenoxy) is 1. The molecule has 188 valence electrons. The van der Waals surface area contributed by atoms with Crippen LogP contribution in [-0.4, -0.2) is 29.1 Å². The van der Waals surface area contributed by atoms with Gasteiger partial charge in [0.1, 0.15) is 17.5 Å². The van der Waals surface area contributed by atoms with E-state index in [0.29, 0.717) is 48.6 Å². The fraction of sp³-hybridized carbons (Fsp3) is 0.222. The summed E-state index contributed by atoms with van der Waals surface area (Å²) in [5, 5.41) is 16.9. The minimum atomic E-state index is -0.791. The molecule has 0 bridgehead atoms. The zero-order valence-electron chi connectivity index (χ0n) is 19.8. The van der Waals surface area contributed by atoms with Gasteiger partial charge in [0.05, 0.1) is 0 Å². The molecule has 0 aliphatic heterocycles. The lowest BCUT2D eigenvalue weighted by atomic mass is 10.1. The maximum Gasteiger partial charge on any atom is 0.319 e. The van der Waals surface area contributed by atoms with Crippen molar-refractivity contribution in [2.24, 2.45) is 0 Å². The Balaban J connectivity index is 1.58. The van der Waals surface area contributed by atoms with E-state index in [0.717, 1.165) is 0 Å². The number of para-hydroxylation sites is 2. The molecule has 0 fully saturated rings. The van der Waals surface area contributed by atoms with Gasteiger partial charge in [-0.25, -0.2) is 10.3 Å². The number of rotatable bonds is 12. The van der Waals surface area contributed by atoms with Crippen molar-refractivity contribution in [3.05, 3.63) is 84.9 Å². The molecule has 0 aliphatic rings. The molecule has 3 aromatic carbocycles. The van der Waals surface area contributed by atoms with Gasteiger partial charge < -0.3 is 20.7 Å². The standard InChI is InChI=1S/C27H30N4O5/c32-25(31-35)18-9-3-8-17-24(26(33)28-20-11-4-1-5-12-20)30-27(34)29-21-13-10-16-23(19-21)36-22-14-6-2-7-15-22/h1-2,4-7,10-16,19,24,35H,3,8-9,17-18H2,(H,28,33)(H,31,32)(H2,29,30,34)/t24-/m0/s1. The Morgan fingerprint density at radius 2 is 1.42 bits per heavy atom. The number of anilines is 2. The molecular formula is C27H30N4O5. The van der Waals surface area contributed by atoms with Crippen LogP contribution in [0.25, 0.3) is 0 Å². The van der Waals surface area contributed by atoms with Gasteiger partial charge in [0.15, 0.2) is 0 Å². The zero-order valence-corrected chi connectivity index (χ0v) is 19.8. The number of nitrogens with one attached hydrogen (secondary N) is 4. The van der Waals surface area contributed by atoms with E-state index in [2.05, 4.69) is 16.0 Å². The average molecular weight is 491 g/mol. The summed E-state index contributed by atoms with van der Waals surface area (Å²) in [6.45, 7) is 0. The second-order valence-corrected chi connectivity index (χ2v) is 8.08. The van der Waals surface area contributed by atoms with E-state index in [4.69, 9.17) is 9.94 Å². The molecule has 3 aromatic rings. The van der Waals surface area contributed by atoms with Crippen molar-refractivity contribution < 1.29 is 24.3 Å². The highest BCUT2D eigenvalue weighted by molar-refractivity contribution is 5.99. The van der Waals surface area contributed by atoms with Crippen LogP contribution in [0.2, 0.25) is 0 Å². The number of carbonyl (C=O) groups is 3. The highest BCUT2D eigenvalue weighted by Crippen LogP contribution is 2.23. The first-order valence-corrected chi connectivity index (χ1v) is 11.7. The molecule has 0 aliphatic carbocycles. The summed E-state index contributed by atoms with van der Waals surface area (Å²) in [5.74, 6) is 0.437. The Hall–Kier alpha value is -4.37. The summed E-state index contributed by atoms with van der Waals surface area (Å²) in [7, 11) is 0. The third kappa shape index (κ3) is 9.11. The van der Waals surface area contributed by atoms with Crippen molar-refractivity contribution in [3.8, 4) is 11.5 Å². The number of unbranched alkanes of at least 4 members (excludes halogenated alkanes) is 2. The Kier molecular flexibility index (Phi) is 10.3. The maximum absolute atomic E-state index is 12.9. The van der Waals surface area contributed by atoms with Crippen LogP contribution in [0.15, 0.2) is 84.9 Å². The number of benzene rings is 3. The SMILES string of the molecule is O=C(CCCCC[C@H](NC(=O)Nc1cccc(Oc2ccccc2)c1)C(=O)Nc1ccccc1)NO. The molecule has 0 saturated carbocycles. The Morgan fingerprint density at radius 1 is 0.750 bits per heavy atom. The lowest BCUT2D eigenvalue weighted by molar-refractivity contribution is -0.129. The van der Waals surface area contributed by atoms with E-state index in [1.165, 1.54) is 0 Å². The first-order chi connectivity index (χ1) is 17.5. The number of hydrogen-bond acceptors (Lipinski definition) is 5. The van der Waals surface area contributed by atoms with Gasteiger partial charge in [0.25, 0.3) is 0 Å². The second kappa shape index (κ2) is 14.1. The third-order valence-electron chi connectivity index (χ3n) is 5.26. The molecule has 0 heterocycles. The maximum atomic E-state index is 12.9. The van der Waals surface area contributed by atoms with Gasteiger partial charge in [-0.2, -0.15) is 0 Å². The summed E-state index contributed by atoms with van der Waals surface area (Å²) in [6, 6.07) is 23.9. The molecule has 0 aromatic heterocycles. The van der Waals surface area contributed by atoms with Crippen LogP contribution in [0.1, 0.15) is 32.1 Å². The molecular weight excluding hydrogens is 460 g/mol. The Morgan fingerprint density at radius 3 is 2.14 bits per heavy atom. The molecule has 0 unspecified atom stereocenters. The molecule has 3 rings (SSSR count). The molecule has 0 spiro atoms. The largest absolute Gasteiger partial charge is 0.457 e. The minimum Gasteiger partial charge on any atom is -0.457 e. The van der Waals surface area contributed by atoms with Gasteiger partial charge >= 0.3 is 6.03 Å². The topological polar surface area (TPSA) is 129 Å². The van der Waals surface area contributed by atoms with Gasteiger partial charge in [-0.15, -0.1) is 0 Å². The number of urea groups is 1. The number of amides is 4. The molecule has 5 N–H and O–H groups in total. The van der Waals surface area contributed by atoms with E-state index in [-0.39, 0.29) is 12.3 Å². The van der Waals surface area contributed by atoms with Crippen molar-refractivity contribution in [2.45, 2.75) is 38.1 Å².